The van der Waals surface area contributed by atoms with Gasteiger partial charge in [0.15, 0.2) is 0 Å². The number of nitrogens with one attached hydrogen (secondary N) is 4. The molecular weight excluding hydrogens is 630 g/mol. The summed E-state index contributed by atoms with van der Waals surface area (Å²) >= 11 is 0. The van der Waals surface area contributed by atoms with Crippen molar-refractivity contribution < 1.29 is 19.2 Å². The molecule has 0 spiro atoms. The average molecular weight is 702 g/mol. The molecule has 4 fully saturated rings. The molecule has 0 aliphatic carbocycles. The molecule has 4 heterocycles. The Morgan fingerprint density at radius 1 is 0.408 bits per heavy atom. The van der Waals surface area contributed by atoms with Crippen LogP contribution in [0.4, 0.5) is 0 Å². The second kappa shape index (κ2) is 27.3. The van der Waals surface area contributed by atoms with Crippen molar-refractivity contribution in [2.75, 3.05) is 180 Å². The van der Waals surface area contributed by atoms with Gasteiger partial charge in [0.05, 0.1) is 26.2 Å². The summed E-state index contributed by atoms with van der Waals surface area (Å²) in [5.41, 5.74) is 2.13. The number of rotatable bonds is 8. The molecule has 0 unspecified atom stereocenters. The monoisotopic (exact) mass is 702 g/mol. The summed E-state index contributed by atoms with van der Waals surface area (Å²) in [5, 5.41) is 7.89. The van der Waals surface area contributed by atoms with Crippen molar-refractivity contribution in [3.8, 4) is 0 Å². The third-order valence-electron chi connectivity index (χ3n) is 8.85. The molecule has 4 amide bonds. The first-order valence-corrected chi connectivity index (χ1v) is 17.1. The molecular formula is C32H71N13O4. The number of hydrazine groups is 1. The zero-order chi connectivity index (χ0) is 35.9. The van der Waals surface area contributed by atoms with Crippen LogP contribution < -0.4 is 27.2 Å². The molecule has 0 saturated carbocycles. The van der Waals surface area contributed by atoms with Gasteiger partial charge in [0.25, 0.3) is 0 Å². The number of nitrogens with zero attached hydrogens (tertiary/aromatic N) is 8. The van der Waals surface area contributed by atoms with Gasteiger partial charge in [0.1, 0.15) is 0 Å². The van der Waals surface area contributed by atoms with Gasteiger partial charge in [0, 0.05) is 126 Å². The highest BCUT2D eigenvalue weighted by Gasteiger charge is 2.18. The Balaban J connectivity index is 0.000000623. The highest BCUT2D eigenvalue weighted by atomic mass is 16.2. The van der Waals surface area contributed by atoms with Crippen molar-refractivity contribution in [1.29, 1.82) is 0 Å². The van der Waals surface area contributed by atoms with Gasteiger partial charge in [-0.2, -0.15) is 0 Å². The van der Waals surface area contributed by atoms with E-state index >= 15 is 0 Å². The maximum absolute atomic E-state index is 11.0. The number of carbonyl (C=O) groups excluding carboxylic acids is 4. The molecule has 0 aromatic rings. The molecule has 0 radical (unpaired) electrons. The van der Waals surface area contributed by atoms with E-state index in [4.69, 9.17) is 5.84 Å². The molecule has 0 aromatic carbocycles. The van der Waals surface area contributed by atoms with Crippen molar-refractivity contribution >= 4 is 23.6 Å². The summed E-state index contributed by atoms with van der Waals surface area (Å²) in [7, 11) is 13.4. The second-order valence-corrected chi connectivity index (χ2v) is 12.9. The molecule has 288 valence electrons. The van der Waals surface area contributed by atoms with E-state index in [9.17, 15) is 19.2 Å². The van der Waals surface area contributed by atoms with Crippen LogP contribution in [-0.4, -0.2) is 243 Å². The Morgan fingerprint density at radius 3 is 0.755 bits per heavy atom. The maximum Gasteiger partial charge on any atom is 0.248 e. The van der Waals surface area contributed by atoms with Crippen LogP contribution in [0.25, 0.3) is 0 Å². The number of hydrogen-bond donors (Lipinski definition) is 5. The van der Waals surface area contributed by atoms with E-state index in [1.165, 1.54) is 0 Å². The molecule has 4 aliphatic heterocycles. The Kier molecular flexibility index (Phi) is 25.9. The molecule has 4 aliphatic rings. The minimum Gasteiger partial charge on any atom is -0.358 e. The quantitative estimate of drug-likeness (QED) is 0.0940. The molecule has 49 heavy (non-hydrogen) atoms. The van der Waals surface area contributed by atoms with E-state index in [2.05, 4.69) is 88.8 Å². The van der Waals surface area contributed by atoms with Crippen LogP contribution in [0.5, 0.6) is 0 Å². The van der Waals surface area contributed by atoms with Crippen LogP contribution >= 0.6 is 0 Å². The smallest absolute Gasteiger partial charge is 0.248 e. The minimum atomic E-state index is -0.112. The molecule has 4 rings (SSSR count). The number of hydrogen-bond acceptors (Lipinski definition) is 13. The largest absolute Gasteiger partial charge is 0.358 e. The van der Waals surface area contributed by atoms with Gasteiger partial charge in [0.2, 0.25) is 23.6 Å². The third kappa shape index (κ3) is 22.8. The van der Waals surface area contributed by atoms with E-state index in [1.54, 1.807) is 21.1 Å². The SMILES string of the molecule is C.CN1CCN(CC(=O)NN)CC1.CNC(=O)CN1CCN(C)CC1.CNC(=O)CN1CCN(C)CC1.CNC(=O)CN1CCN(C)CC1. The summed E-state index contributed by atoms with van der Waals surface area (Å²) in [6.45, 7) is 18.4. The first kappa shape index (κ1) is 46.5. The normalized spacial score (nSPS) is 20.4. The van der Waals surface area contributed by atoms with Gasteiger partial charge >= 0.3 is 0 Å². The van der Waals surface area contributed by atoms with Gasteiger partial charge in [-0.15, -0.1) is 0 Å². The molecule has 17 nitrogen and oxygen atoms in total. The maximum atomic E-state index is 11.0. The van der Waals surface area contributed by atoms with Crippen molar-refractivity contribution in [3.05, 3.63) is 0 Å². The Morgan fingerprint density at radius 2 is 0.592 bits per heavy atom. The zero-order valence-corrected chi connectivity index (χ0v) is 30.9. The van der Waals surface area contributed by atoms with Crippen LogP contribution in [0.3, 0.4) is 0 Å². The van der Waals surface area contributed by atoms with Crippen LogP contribution in [0.2, 0.25) is 0 Å². The minimum absolute atomic E-state index is 0. The first-order valence-electron chi connectivity index (χ1n) is 17.1. The molecule has 0 aromatic heterocycles. The van der Waals surface area contributed by atoms with Crippen LogP contribution in [0, 0.1) is 0 Å². The average Bonchev–Trinajstić information content (AvgIpc) is 3.09. The lowest BCUT2D eigenvalue weighted by molar-refractivity contribution is -0.123. The lowest BCUT2D eigenvalue weighted by atomic mass is 10.3. The highest BCUT2D eigenvalue weighted by Crippen LogP contribution is 2.00. The summed E-state index contributed by atoms with van der Waals surface area (Å²) in [6.07, 6.45) is 0. The van der Waals surface area contributed by atoms with Crippen molar-refractivity contribution in [1.82, 2.24) is 60.6 Å². The number of nitrogens with two attached hydrogens (primary N) is 1. The van der Waals surface area contributed by atoms with E-state index < -0.39 is 0 Å². The molecule has 0 atom stereocenters. The fourth-order valence-corrected chi connectivity index (χ4v) is 5.12. The highest BCUT2D eigenvalue weighted by molar-refractivity contribution is 5.78. The van der Waals surface area contributed by atoms with Crippen LogP contribution in [0.1, 0.15) is 7.43 Å². The third-order valence-corrected chi connectivity index (χ3v) is 8.85. The fraction of sp³-hybridized carbons (Fsp3) is 0.875. The standard InChI is InChI=1S/3C8H17N3O.C7H16N4O.CH4/c3*1-9-8(12)7-11-5-3-10(2)4-6-11;1-10-2-4-11(5-3-10)6-7(12)9-8;/h3*3-7H2,1-2H3,(H,9,12);2-6,8H2,1H3,(H,9,12);1H4. The number of carbonyl (C=O) groups is 4. The van der Waals surface area contributed by atoms with E-state index in [1.807, 2.05) is 0 Å². The predicted octanol–water partition coefficient (Wildman–Crippen LogP) is -4.20. The number of piperazine rings is 4. The fourth-order valence-electron chi connectivity index (χ4n) is 5.12. The number of amides is 4. The topological polar surface area (TPSA) is 168 Å². The molecule has 4 saturated heterocycles. The van der Waals surface area contributed by atoms with Crippen LogP contribution in [-0.2, 0) is 19.2 Å². The summed E-state index contributed by atoms with van der Waals surface area (Å²) in [6, 6.07) is 0. The summed E-state index contributed by atoms with van der Waals surface area (Å²) < 4.78 is 0. The predicted molar refractivity (Wildman–Crippen MR) is 197 cm³/mol. The molecule has 6 N–H and O–H groups in total. The van der Waals surface area contributed by atoms with E-state index in [-0.39, 0.29) is 31.1 Å². The van der Waals surface area contributed by atoms with Gasteiger partial charge in [-0.25, -0.2) is 5.84 Å². The van der Waals surface area contributed by atoms with Gasteiger partial charge in [-0.3, -0.25) is 44.2 Å². The first-order chi connectivity index (χ1) is 22.9. The van der Waals surface area contributed by atoms with Gasteiger partial charge in [-0.1, -0.05) is 7.43 Å². The van der Waals surface area contributed by atoms with Crippen molar-refractivity contribution in [2.45, 2.75) is 7.43 Å². The van der Waals surface area contributed by atoms with Crippen molar-refractivity contribution in [2.24, 2.45) is 5.84 Å². The number of likely N-dealkylation sites (N-methyl/N-ethyl adjacent to an activating group) is 7. The molecule has 0 bridgehead atoms. The lowest BCUT2D eigenvalue weighted by Gasteiger charge is -2.31. The zero-order valence-electron chi connectivity index (χ0n) is 30.9. The van der Waals surface area contributed by atoms with E-state index in [0.717, 1.165) is 105 Å². The van der Waals surface area contributed by atoms with E-state index in [0.29, 0.717) is 26.2 Å². The summed E-state index contributed by atoms with van der Waals surface area (Å²) in [5.74, 6) is 5.20. The second-order valence-electron chi connectivity index (χ2n) is 12.9. The van der Waals surface area contributed by atoms with Gasteiger partial charge in [-0.05, 0) is 28.2 Å². The van der Waals surface area contributed by atoms with Crippen molar-refractivity contribution in [3.63, 3.8) is 0 Å². The lowest BCUT2D eigenvalue weighted by Crippen LogP contribution is -2.49. The Hall–Kier alpha value is -2.48. The summed E-state index contributed by atoms with van der Waals surface area (Å²) in [4.78, 5) is 61.6. The molecule has 17 heteroatoms. The Bertz CT molecular complexity index is 755. The Labute approximate surface area is 296 Å². The van der Waals surface area contributed by atoms with Crippen LogP contribution in [0.15, 0.2) is 0 Å². The van der Waals surface area contributed by atoms with Gasteiger partial charge < -0.3 is 35.6 Å².